The predicted octanol–water partition coefficient (Wildman–Crippen LogP) is 1.86. The highest BCUT2D eigenvalue weighted by Gasteiger charge is 2.29. The first kappa shape index (κ1) is 25.4. The van der Waals surface area contributed by atoms with E-state index in [0.29, 0.717) is 37.4 Å². The number of benzene rings is 2. The molecule has 182 valence electrons. The van der Waals surface area contributed by atoms with E-state index in [1.165, 1.54) is 38.1 Å². The SMILES string of the molecule is CCc1ccc(C(=O)N2CCN(C(=O)[C@H](C)NS(=O)(=O)c3ccc(NC(C)=O)cc3)CC2)cc1. The Morgan fingerprint density at radius 3 is 2.00 bits per heavy atom. The van der Waals surface area contributed by atoms with Crippen molar-refractivity contribution in [1.29, 1.82) is 0 Å². The maximum atomic E-state index is 12.8. The van der Waals surface area contributed by atoms with E-state index in [1.54, 1.807) is 9.80 Å². The second kappa shape index (κ2) is 10.8. The van der Waals surface area contributed by atoms with E-state index in [0.717, 1.165) is 12.0 Å². The Bertz CT molecular complexity index is 1140. The van der Waals surface area contributed by atoms with E-state index < -0.39 is 16.1 Å². The Labute approximate surface area is 200 Å². The van der Waals surface area contributed by atoms with E-state index in [2.05, 4.69) is 17.0 Å². The van der Waals surface area contributed by atoms with Gasteiger partial charge in [-0.05, 0) is 55.3 Å². The van der Waals surface area contributed by atoms with Crippen LogP contribution < -0.4 is 10.0 Å². The lowest BCUT2D eigenvalue weighted by Gasteiger charge is -2.36. The number of aryl methyl sites for hydroxylation is 1. The van der Waals surface area contributed by atoms with Gasteiger partial charge in [0.25, 0.3) is 5.91 Å². The van der Waals surface area contributed by atoms with Crippen molar-refractivity contribution in [2.75, 3.05) is 31.5 Å². The van der Waals surface area contributed by atoms with E-state index >= 15 is 0 Å². The molecule has 3 rings (SSSR count). The first-order valence-electron chi connectivity index (χ1n) is 11.2. The lowest BCUT2D eigenvalue weighted by Crippen LogP contribution is -2.55. The molecule has 0 spiro atoms. The molecule has 0 bridgehead atoms. The van der Waals surface area contributed by atoms with Gasteiger partial charge in [0.15, 0.2) is 0 Å². The van der Waals surface area contributed by atoms with Crippen molar-refractivity contribution in [1.82, 2.24) is 14.5 Å². The average Bonchev–Trinajstić information content (AvgIpc) is 2.83. The van der Waals surface area contributed by atoms with Crippen LogP contribution >= 0.6 is 0 Å². The number of amides is 3. The summed E-state index contributed by atoms with van der Waals surface area (Å²) in [7, 11) is -3.93. The number of rotatable bonds is 7. The molecule has 10 heteroatoms. The van der Waals surface area contributed by atoms with Gasteiger partial charge in [-0.1, -0.05) is 19.1 Å². The monoisotopic (exact) mass is 486 g/mol. The molecule has 2 N–H and O–H groups in total. The average molecular weight is 487 g/mol. The van der Waals surface area contributed by atoms with Gasteiger partial charge in [0, 0.05) is 44.4 Å². The lowest BCUT2D eigenvalue weighted by molar-refractivity contribution is -0.134. The van der Waals surface area contributed by atoms with Crippen molar-refractivity contribution in [3.8, 4) is 0 Å². The van der Waals surface area contributed by atoms with Gasteiger partial charge in [-0.3, -0.25) is 14.4 Å². The Morgan fingerprint density at radius 1 is 0.912 bits per heavy atom. The van der Waals surface area contributed by atoms with Gasteiger partial charge in [-0.25, -0.2) is 8.42 Å². The zero-order valence-corrected chi connectivity index (χ0v) is 20.4. The normalized spacial score (nSPS) is 15.0. The van der Waals surface area contributed by atoms with Crippen LogP contribution in [0.5, 0.6) is 0 Å². The molecule has 0 aliphatic carbocycles. The minimum Gasteiger partial charge on any atom is -0.338 e. The summed E-state index contributed by atoms with van der Waals surface area (Å²) in [6.45, 7) is 6.33. The van der Waals surface area contributed by atoms with Gasteiger partial charge in [-0.2, -0.15) is 4.72 Å². The molecule has 0 aromatic heterocycles. The van der Waals surface area contributed by atoms with Crippen LogP contribution in [0.25, 0.3) is 0 Å². The minimum absolute atomic E-state index is 0.00856. The molecule has 2 aromatic rings. The smallest absolute Gasteiger partial charge is 0.253 e. The van der Waals surface area contributed by atoms with Crippen LogP contribution in [0.4, 0.5) is 5.69 Å². The van der Waals surface area contributed by atoms with Crippen LogP contribution in [0.15, 0.2) is 53.4 Å². The standard InChI is InChI=1S/C24H30N4O5S/c1-4-19-5-7-20(8-6-19)24(31)28-15-13-27(14-16-28)23(30)17(2)26-34(32,33)22-11-9-21(10-12-22)25-18(3)29/h5-12,17,26H,4,13-16H2,1-3H3,(H,25,29)/t17-/m0/s1. The van der Waals surface area contributed by atoms with Crippen molar-refractivity contribution in [2.24, 2.45) is 0 Å². The van der Waals surface area contributed by atoms with E-state index in [4.69, 9.17) is 0 Å². The summed E-state index contributed by atoms with van der Waals surface area (Å²) < 4.78 is 27.8. The zero-order chi connectivity index (χ0) is 24.9. The van der Waals surface area contributed by atoms with Gasteiger partial charge in [-0.15, -0.1) is 0 Å². The molecule has 3 amide bonds. The van der Waals surface area contributed by atoms with Crippen LogP contribution in [0.3, 0.4) is 0 Å². The molecule has 1 saturated heterocycles. The molecular formula is C24H30N4O5S. The predicted molar refractivity (Wildman–Crippen MR) is 129 cm³/mol. The number of anilines is 1. The molecule has 0 saturated carbocycles. The Balaban J connectivity index is 1.55. The molecule has 9 nitrogen and oxygen atoms in total. The third-order valence-corrected chi connectivity index (χ3v) is 7.23. The molecule has 1 aliphatic heterocycles. The van der Waals surface area contributed by atoms with Crippen molar-refractivity contribution in [3.63, 3.8) is 0 Å². The van der Waals surface area contributed by atoms with E-state index in [9.17, 15) is 22.8 Å². The molecule has 1 heterocycles. The summed E-state index contributed by atoms with van der Waals surface area (Å²) in [6, 6.07) is 12.2. The quantitative estimate of drug-likeness (QED) is 0.620. The number of nitrogens with one attached hydrogen (secondary N) is 2. The highest BCUT2D eigenvalue weighted by Crippen LogP contribution is 2.16. The molecule has 2 aromatic carbocycles. The highest BCUT2D eigenvalue weighted by molar-refractivity contribution is 7.89. The van der Waals surface area contributed by atoms with Crippen molar-refractivity contribution in [2.45, 2.75) is 38.1 Å². The van der Waals surface area contributed by atoms with Gasteiger partial charge in [0.05, 0.1) is 10.9 Å². The first-order chi connectivity index (χ1) is 16.1. The zero-order valence-electron chi connectivity index (χ0n) is 19.6. The number of hydrogen-bond acceptors (Lipinski definition) is 5. The van der Waals surface area contributed by atoms with Gasteiger partial charge in [0.2, 0.25) is 21.8 Å². The van der Waals surface area contributed by atoms with Crippen molar-refractivity contribution >= 4 is 33.4 Å². The third kappa shape index (κ3) is 6.21. The molecule has 1 fully saturated rings. The van der Waals surface area contributed by atoms with Crippen LogP contribution in [-0.4, -0.2) is 68.2 Å². The van der Waals surface area contributed by atoms with Crippen molar-refractivity contribution < 1.29 is 22.8 Å². The minimum atomic E-state index is -3.93. The number of nitrogens with zero attached hydrogens (tertiary/aromatic N) is 2. The maximum absolute atomic E-state index is 12.8. The summed E-state index contributed by atoms with van der Waals surface area (Å²) in [4.78, 5) is 40.0. The molecule has 1 aliphatic rings. The van der Waals surface area contributed by atoms with Gasteiger partial charge >= 0.3 is 0 Å². The number of carbonyl (C=O) groups excluding carboxylic acids is 3. The second-order valence-corrected chi connectivity index (χ2v) is 9.93. The fourth-order valence-electron chi connectivity index (χ4n) is 3.74. The van der Waals surface area contributed by atoms with E-state index in [-0.39, 0.29) is 22.6 Å². The summed E-state index contributed by atoms with van der Waals surface area (Å²) in [5, 5.41) is 2.57. The van der Waals surface area contributed by atoms with Crippen molar-refractivity contribution in [3.05, 3.63) is 59.7 Å². The van der Waals surface area contributed by atoms with Crippen LogP contribution in [-0.2, 0) is 26.0 Å². The number of hydrogen-bond donors (Lipinski definition) is 2. The lowest BCUT2D eigenvalue weighted by atomic mass is 10.1. The first-order valence-corrected chi connectivity index (χ1v) is 12.7. The van der Waals surface area contributed by atoms with E-state index in [1.807, 2.05) is 24.3 Å². The number of carbonyl (C=O) groups is 3. The maximum Gasteiger partial charge on any atom is 0.253 e. The topological polar surface area (TPSA) is 116 Å². The summed E-state index contributed by atoms with van der Waals surface area (Å²) in [5.41, 5.74) is 2.25. The largest absolute Gasteiger partial charge is 0.338 e. The Morgan fingerprint density at radius 2 is 1.47 bits per heavy atom. The fourth-order valence-corrected chi connectivity index (χ4v) is 4.94. The fraction of sp³-hybridized carbons (Fsp3) is 0.375. The summed E-state index contributed by atoms with van der Waals surface area (Å²) >= 11 is 0. The van der Waals surface area contributed by atoms with Crippen LogP contribution in [0.2, 0.25) is 0 Å². The second-order valence-electron chi connectivity index (χ2n) is 8.22. The molecule has 0 unspecified atom stereocenters. The summed E-state index contributed by atoms with van der Waals surface area (Å²) in [5.74, 6) is -0.687. The molecule has 34 heavy (non-hydrogen) atoms. The molecule has 0 radical (unpaired) electrons. The highest BCUT2D eigenvalue weighted by atomic mass is 32.2. The van der Waals surface area contributed by atoms with Crippen LogP contribution in [0.1, 0.15) is 36.7 Å². The van der Waals surface area contributed by atoms with Gasteiger partial charge in [0.1, 0.15) is 0 Å². The number of piperazine rings is 1. The van der Waals surface area contributed by atoms with Gasteiger partial charge < -0.3 is 15.1 Å². The summed E-state index contributed by atoms with van der Waals surface area (Å²) in [6.07, 6.45) is 0.902. The molecular weight excluding hydrogens is 456 g/mol. The van der Waals surface area contributed by atoms with Crippen LogP contribution in [0, 0.1) is 0 Å². The number of sulfonamides is 1. The third-order valence-electron chi connectivity index (χ3n) is 5.68. The molecule has 1 atom stereocenters. The Hall–Kier alpha value is -3.24. The Kier molecular flexibility index (Phi) is 8.06.